The average molecular weight is 231 g/mol. The van der Waals surface area contributed by atoms with Gasteiger partial charge in [-0.25, -0.2) is 4.79 Å². The third-order valence-corrected chi connectivity index (χ3v) is 2.03. The van der Waals surface area contributed by atoms with Crippen molar-refractivity contribution in [2.24, 2.45) is 5.92 Å². The number of alkyl carbamates (subject to hydrolysis) is 1. The van der Waals surface area contributed by atoms with Crippen molar-refractivity contribution in [1.82, 2.24) is 5.32 Å². The van der Waals surface area contributed by atoms with Gasteiger partial charge in [-0.15, -0.1) is 0 Å². The molecule has 1 atom stereocenters. The van der Waals surface area contributed by atoms with Crippen LogP contribution in [-0.2, 0) is 4.74 Å². The summed E-state index contributed by atoms with van der Waals surface area (Å²) in [6, 6.07) is -0.211. The molecule has 0 aliphatic rings. The molecule has 4 heteroatoms. The van der Waals surface area contributed by atoms with Crippen LogP contribution < -0.4 is 5.32 Å². The molecule has 0 spiro atoms. The summed E-state index contributed by atoms with van der Waals surface area (Å²) in [6.45, 7) is 9.62. The van der Waals surface area contributed by atoms with Crippen LogP contribution in [0.3, 0.4) is 0 Å². The number of carbonyl (C=O) groups excluding carboxylic acids is 1. The van der Waals surface area contributed by atoms with Crippen LogP contribution in [0.2, 0.25) is 0 Å². The van der Waals surface area contributed by atoms with E-state index in [1.54, 1.807) is 0 Å². The SMILES string of the molecule is CC(C)CC[C@@H](CO)NC(=O)OC(C)(C)C. The number of nitrogens with one attached hydrogen (secondary N) is 1. The molecular weight excluding hydrogens is 206 g/mol. The molecule has 4 nitrogen and oxygen atoms in total. The third-order valence-electron chi connectivity index (χ3n) is 2.03. The Kier molecular flexibility index (Phi) is 6.41. The Morgan fingerprint density at radius 1 is 1.31 bits per heavy atom. The molecular formula is C12H25NO3. The minimum absolute atomic E-state index is 0.0496. The summed E-state index contributed by atoms with van der Waals surface area (Å²) in [5, 5.41) is 11.8. The van der Waals surface area contributed by atoms with E-state index in [0.717, 1.165) is 12.8 Å². The molecule has 0 aromatic carbocycles. The number of aliphatic hydroxyl groups is 1. The van der Waals surface area contributed by atoms with Gasteiger partial charge in [0.05, 0.1) is 12.6 Å². The van der Waals surface area contributed by atoms with Crippen molar-refractivity contribution in [2.75, 3.05) is 6.61 Å². The largest absolute Gasteiger partial charge is 0.444 e. The second kappa shape index (κ2) is 6.74. The Labute approximate surface area is 98.4 Å². The first-order valence-corrected chi connectivity index (χ1v) is 5.85. The monoisotopic (exact) mass is 231 g/mol. The van der Waals surface area contributed by atoms with Gasteiger partial charge in [0.25, 0.3) is 0 Å². The lowest BCUT2D eigenvalue weighted by Crippen LogP contribution is -2.41. The van der Waals surface area contributed by atoms with Crippen molar-refractivity contribution in [3.63, 3.8) is 0 Å². The zero-order chi connectivity index (χ0) is 12.8. The maximum atomic E-state index is 11.4. The highest BCUT2D eigenvalue weighted by molar-refractivity contribution is 5.68. The fourth-order valence-electron chi connectivity index (χ4n) is 1.22. The summed E-state index contributed by atoms with van der Waals surface area (Å²) in [4.78, 5) is 11.4. The summed E-state index contributed by atoms with van der Waals surface area (Å²) in [5.74, 6) is 0.564. The van der Waals surface area contributed by atoms with E-state index >= 15 is 0 Å². The van der Waals surface area contributed by atoms with E-state index in [1.165, 1.54) is 0 Å². The van der Waals surface area contributed by atoms with Crippen molar-refractivity contribution < 1.29 is 14.6 Å². The molecule has 0 aliphatic carbocycles. The van der Waals surface area contributed by atoms with Crippen LogP contribution in [0.25, 0.3) is 0 Å². The van der Waals surface area contributed by atoms with E-state index in [-0.39, 0.29) is 12.6 Å². The first kappa shape index (κ1) is 15.2. The molecule has 0 saturated carbocycles. The van der Waals surface area contributed by atoms with Gasteiger partial charge in [0.1, 0.15) is 5.60 Å². The molecule has 0 aliphatic heterocycles. The Hall–Kier alpha value is -0.770. The van der Waals surface area contributed by atoms with Gasteiger partial charge >= 0.3 is 6.09 Å². The van der Waals surface area contributed by atoms with E-state index in [2.05, 4.69) is 19.2 Å². The molecule has 2 N–H and O–H groups in total. The lowest BCUT2D eigenvalue weighted by atomic mass is 10.0. The summed E-state index contributed by atoms with van der Waals surface area (Å²) < 4.78 is 5.12. The maximum absolute atomic E-state index is 11.4. The van der Waals surface area contributed by atoms with Crippen molar-refractivity contribution in [3.05, 3.63) is 0 Å². The van der Waals surface area contributed by atoms with Crippen molar-refractivity contribution in [3.8, 4) is 0 Å². The molecule has 1 amide bonds. The third kappa shape index (κ3) is 8.53. The van der Waals surface area contributed by atoms with E-state index in [0.29, 0.717) is 5.92 Å². The van der Waals surface area contributed by atoms with Gasteiger partial charge in [0, 0.05) is 0 Å². The summed E-state index contributed by atoms with van der Waals surface area (Å²) in [7, 11) is 0. The molecule has 0 radical (unpaired) electrons. The summed E-state index contributed by atoms with van der Waals surface area (Å²) in [6.07, 6.45) is 1.28. The number of amides is 1. The first-order chi connectivity index (χ1) is 7.24. The van der Waals surface area contributed by atoms with E-state index in [4.69, 9.17) is 9.84 Å². The van der Waals surface area contributed by atoms with Crippen LogP contribution >= 0.6 is 0 Å². The second-order valence-corrected chi connectivity index (χ2v) is 5.50. The topological polar surface area (TPSA) is 58.6 Å². The van der Waals surface area contributed by atoms with Crippen LogP contribution in [0, 0.1) is 5.92 Å². The number of rotatable bonds is 5. The molecule has 0 bridgehead atoms. The zero-order valence-electron chi connectivity index (χ0n) is 11.0. The highest BCUT2D eigenvalue weighted by Crippen LogP contribution is 2.09. The van der Waals surface area contributed by atoms with E-state index in [1.807, 2.05) is 20.8 Å². The van der Waals surface area contributed by atoms with Gasteiger partial charge in [0.15, 0.2) is 0 Å². The standard InChI is InChI=1S/C12H25NO3/c1-9(2)6-7-10(8-14)13-11(15)16-12(3,4)5/h9-10,14H,6-8H2,1-5H3,(H,13,15)/t10-/m0/s1. The molecule has 0 unspecified atom stereocenters. The lowest BCUT2D eigenvalue weighted by Gasteiger charge is -2.23. The Bertz CT molecular complexity index is 209. The molecule has 0 fully saturated rings. The van der Waals surface area contributed by atoms with Crippen molar-refractivity contribution >= 4 is 6.09 Å². The van der Waals surface area contributed by atoms with Crippen LogP contribution in [-0.4, -0.2) is 29.4 Å². The fourth-order valence-corrected chi connectivity index (χ4v) is 1.22. The van der Waals surface area contributed by atoms with Crippen LogP contribution in [0.1, 0.15) is 47.5 Å². The minimum atomic E-state index is -0.498. The molecule has 0 heterocycles. The number of ether oxygens (including phenoxy) is 1. The summed E-state index contributed by atoms with van der Waals surface area (Å²) in [5.41, 5.74) is -0.498. The number of carbonyl (C=O) groups is 1. The average Bonchev–Trinajstić information content (AvgIpc) is 2.08. The van der Waals surface area contributed by atoms with Gasteiger partial charge in [-0.05, 0) is 39.5 Å². The van der Waals surface area contributed by atoms with E-state index < -0.39 is 11.7 Å². The van der Waals surface area contributed by atoms with Crippen molar-refractivity contribution in [1.29, 1.82) is 0 Å². The molecule has 96 valence electrons. The van der Waals surface area contributed by atoms with Gasteiger partial charge < -0.3 is 15.2 Å². The Morgan fingerprint density at radius 3 is 2.25 bits per heavy atom. The zero-order valence-corrected chi connectivity index (χ0v) is 11.0. The molecule has 0 aromatic rings. The molecule has 16 heavy (non-hydrogen) atoms. The smallest absolute Gasteiger partial charge is 0.407 e. The maximum Gasteiger partial charge on any atom is 0.407 e. The highest BCUT2D eigenvalue weighted by atomic mass is 16.6. The molecule has 0 saturated heterocycles. The Morgan fingerprint density at radius 2 is 1.88 bits per heavy atom. The second-order valence-electron chi connectivity index (χ2n) is 5.50. The van der Waals surface area contributed by atoms with Crippen LogP contribution in [0.5, 0.6) is 0 Å². The van der Waals surface area contributed by atoms with Crippen LogP contribution in [0.4, 0.5) is 4.79 Å². The van der Waals surface area contributed by atoms with E-state index in [9.17, 15) is 4.79 Å². The lowest BCUT2D eigenvalue weighted by molar-refractivity contribution is 0.0477. The molecule has 0 aromatic heterocycles. The predicted molar refractivity (Wildman–Crippen MR) is 64.3 cm³/mol. The fraction of sp³-hybridized carbons (Fsp3) is 0.917. The molecule has 0 rings (SSSR count). The van der Waals surface area contributed by atoms with Gasteiger partial charge in [-0.2, -0.15) is 0 Å². The number of aliphatic hydroxyl groups excluding tert-OH is 1. The van der Waals surface area contributed by atoms with Gasteiger partial charge in [0.2, 0.25) is 0 Å². The Balaban J connectivity index is 3.97. The highest BCUT2D eigenvalue weighted by Gasteiger charge is 2.19. The normalized spacial score (nSPS) is 13.7. The number of hydrogen-bond donors (Lipinski definition) is 2. The van der Waals surface area contributed by atoms with Crippen molar-refractivity contribution in [2.45, 2.75) is 59.1 Å². The number of hydrogen-bond acceptors (Lipinski definition) is 3. The summed E-state index contributed by atoms with van der Waals surface area (Å²) >= 11 is 0. The van der Waals surface area contributed by atoms with Gasteiger partial charge in [-0.1, -0.05) is 13.8 Å². The first-order valence-electron chi connectivity index (χ1n) is 5.85. The minimum Gasteiger partial charge on any atom is -0.444 e. The predicted octanol–water partition coefficient (Wildman–Crippen LogP) is 2.31. The van der Waals surface area contributed by atoms with Crippen LogP contribution in [0.15, 0.2) is 0 Å². The quantitative estimate of drug-likeness (QED) is 0.763. The van der Waals surface area contributed by atoms with Gasteiger partial charge in [-0.3, -0.25) is 0 Å².